The van der Waals surface area contributed by atoms with Gasteiger partial charge in [0.1, 0.15) is 0 Å². The first kappa shape index (κ1) is 14.6. The lowest BCUT2D eigenvalue weighted by atomic mass is 9.85. The highest BCUT2D eigenvalue weighted by Crippen LogP contribution is 2.26. The lowest BCUT2D eigenvalue weighted by Crippen LogP contribution is -2.32. The number of carbonyl (C=O) groups excluding carboxylic acids is 1. The fraction of sp³-hybridized carbons (Fsp3) is 0.714. The maximum Gasteiger partial charge on any atom is 0.254 e. The molecule has 0 aromatic carbocycles. The molecule has 1 aromatic heterocycles. The Labute approximate surface area is 124 Å². The van der Waals surface area contributed by atoms with E-state index in [0.29, 0.717) is 17.9 Å². The zero-order chi connectivity index (χ0) is 15.0. The fourth-order valence-corrected chi connectivity index (χ4v) is 4.70. The molecule has 3 rings (SSSR count). The van der Waals surface area contributed by atoms with E-state index in [4.69, 9.17) is 0 Å². The molecule has 1 saturated carbocycles. The second kappa shape index (κ2) is 5.44. The SMILES string of the molecule is Cc1c(C(=O)NCC2CCC2)cnn1[C@@H]1CCS(=O)(=O)C1. The minimum atomic E-state index is -2.95. The summed E-state index contributed by atoms with van der Waals surface area (Å²) >= 11 is 0. The Balaban J connectivity index is 1.68. The van der Waals surface area contributed by atoms with E-state index in [1.54, 1.807) is 10.9 Å². The first-order chi connectivity index (χ1) is 9.96. The molecule has 6 nitrogen and oxygen atoms in total. The van der Waals surface area contributed by atoms with Gasteiger partial charge in [-0.3, -0.25) is 9.48 Å². The van der Waals surface area contributed by atoms with E-state index in [0.717, 1.165) is 12.2 Å². The van der Waals surface area contributed by atoms with Crippen LogP contribution < -0.4 is 5.32 Å². The average Bonchev–Trinajstić information content (AvgIpc) is 2.90. The third-order valence-electron chi connectivity index (χ3n) is 4.62. The summed E-state index contributed by atoms with van der Waals surface area (Å²) in [6, 6.07) is -0.136. The quantitative estimate of drug-likeness (QED) is 0.902. The van der Waals surface area contributed by atoms with E-state index in [1.807, 2.05) is 6.92 Å². The van der Waals surface area contributed by atoms with Crippen molar-refractivity contribution in [2.45, 2.75) is 38.6 Å². The van der Waals surface area contributed by atoms with Gasteiger partial charge in [0.05, 0.1) is 29.3 Å². The summed E-state index contributed by atoms with van der Waals surface area (Å²) in [5.74, 6) is 0.842. The molecule has 1 atom stereocenters. The first-order valence-electron chi connectivity index (χ1n) is 7.49. The predicted molar refractivity (Wildman–Crippen MR) is 78.9 cm³/mol. The van der Waals surface area contributed by atoms with Crippen LogP contribution in [0.5, 0.6) is 0 Å². The molecule has 2 aliphatic rings. The Hall–Kier alpha value is -1.37. The molecule has 1 aromatic rings. The topological polar surface area (TPSA) is 81.1 Å². The average molecular weight is 311 g/mol. The summed E-state index contributed by atoms with van der Waals surface area (Å²) < 4.78 is 24.8. The van der Waals surface area contributed by atoms with Crippen LogP contribution >= 0.6 is 0 Å². The van der Waals surface area contributed by atoms with Gasteiger partial charge in [-0.2, -0.15) is 5.10 Å². The van der Waals surface area contributed by atoms with E-state index in [9.17, 15) is 13.2 Å². The van der Waals surface area contributed by atoms with Crippen LogP contribution in [-0.4, -0.2) is 42.2 Å². The summed E-state index contributed by atoms with van der Waals surface area (Å²) in [6.45, 7) is 2.55. The standard InChI is InChI=1S/C14H21N3O3S/c1-10-13(14(18)15-7-11-3-2-4-11)8-16-17(10)12-5-6-21(19,20)9-12/h8,11-12H,2-7,9H2,1H3,(H,15,18)/t12-/m1/s1. The monoisotopic (exact) mass is 311 g/mol. The normalized spacial score (nSPS) is 24.7. The molecule has 2 heterocycles. The summed E-state index contributed by atoms with van der Waals surface area (Å²) in [5, 5.41) is 7.19. The van der Waals surface area contributed by atoms with E-state index in [2.05, 4.69) is 10.4 Å². The van der Waals surface area contributed by atoms with Crippen LogP contribution in [0.1, 0.15) is 47.8 Å². The maximum absolute atomic E-state index is 12.2. The molecule has 1 amide bonds. The largest absolute Gasteiger partial charge is 0.352 e. The van der Waals surface area contributed by atoms with Crippen molar-refractivity contribution >= 4 is 15.7 Å². The number of hydrogen-bond donors (Lipinski definition) is 1. The summed E-state index contributed by atoms with van der Waals surface area (Å²) in [5.41, 5.74) is 1.31. The van der Waals surface area contributed by atoms with Gasteiger partial charge in [0.25, 0.3) is 5.91 Å². The molecule has 1 N–H and O–H groups in total. The van der Waals surface area contributed by atoms with Gasteiger partial charge in [0, 0.05) is 12.2 Å². The number of sulfone groups is 1. The van der Waals surface area contributed by atoms with Gasteiger partial charge in [-0.25, -0.2) is 8.42 Å². The van der Waals surface area contributed by atoms with Crippen LogP contribution in [0.15, 0.2) is 6.20 Å². The number of nitrogens with one attached hydrogen (secondary N) is 1. The summed E-state index contributed by atoms with van der Waals surface area (Å²) in [4.78, 5) is 12.2. The van der Waals surface area contributed by atoms with Crippen LogP contribution in [0.3, 0.4) is 0 Å². The van der Waals surface area contributed by atoms with Crippen molar-refractivity contribution in [1.82, 2.24) is 15.1 Å². The van der Waals surface area contributed by atoms with Gasteiger partial charge < -0.3 is 5.32 Å². The van der Waals surface area contributed by atoms with Gasteiger partial charge in [-0.05, 0) is 32.1 Å². The van der Waals surface area contributed by atoms with Crippen LogP contribution in [0.25, 0.3) is 0 Å². The van der Waals surface area contributed by atoms with E-state index >= 15 is 0 Å². The van der Waals surface area contributed by atoms with Gasteiger partial charge in [-0.1, -0.05) is 6.42 Å². The Morgan fingerprint density at radius 3 is 2.76 bits per heavy atom. The Bertz CT molecular complexity index is 646. The molecule has 0 unspecified atom stereocenters. The lowest BCUT2D eigenvalue weighted by molar-refractivity contribution is 0.0938. The number of hydrogen-bond acceptors (Lipinski definition) is 4. The van der Waals surface area contributed by atoms with Gasteiger partial charge in [0.15, 0.2) is 9.84 Å². The highest BCUT2D eigenvalue weighted by molar-refractivity contribution is 7.91. The van der Waals surface area contributed by atoms with Crippen molar-refractivity contribution in [3.8, 4) is 0 Å². The molecule has 0 spiro atoms. The van der Waals surface area contributed by atoms with Gasteiger partial charge in [-0.15, -0.1) is 0 Å². The molecule has 7 heteroatoms. The molecule has 1 saturated heterocycles. The molecule has 21 heavy (non-hydrogen) atoms. The van der Waals surface area contributed by atoms with Crippen LogP contribution in [0.4, 0.5) is 0 Å². The molecular weight excluding hydrogens is 290 g/mol. The lowest BCUT2D eigenvalue weighted by Gasteiger charge is -2.25. The van der Waals surface area contributed by atoms with Crippen molar-refractivity contribution in [3.63, 3.8) is 0 Å². The third kappa shape index (κ3) is 2.97. The minimum Gasteiger partial charge on any atom is -0.352 e. The number of rotatable bonds is 4. The molecule has 1 aliphatic carbocycles. The number of aromatic nitrogens is 2. The van der Waals surface area contributed by atoms with Gasteiger partial charge >= 0.3 is 0 Å². The number of nitrogens with zero attached hydrogens (tertiary/aromatic N) is 2. The Morgan fingerprint density at radius 1 is 1.43 bits per heavy atom. The Kier molecular flexibility index (Phi) is 3.77. The van der Waals surface area contributed by atoms with Crippen molar-refractivity contribution in [1.29, 1.82) is 0 Å². The van der Waals surface area contributed by atoms with E-state index < -0.39 is 9.84 Å². The molecule has 0 bridgehead atoms. The second-order valence-corrected chi connectivity index (χ2v) is 8.38. The molecule has 1 aliphatic heterocycles. The zero-order valence-corrected chi connectivity index (χ0v) is 13.0. The number of amides is 1. The second-order valence-electron chi connectivity index (χ2n) is 6.15. The third-order valence-corrected chi connectivity index (χ3v) is 6.37. The molecule has 2 fully saturated rings. The van der Waals surface area contributed by atoms with Crippen LogP contribution in [0.2, 0.25) is 0 Å². The number of carbonyl (C=O) groups is 1. The van der Waals surface area contributed by atoms with Crippen molar-refractivity contribution in [2.24, 2.45) is 5.92 Å². The van der Waals surface area contributed by atoms with E-state index in [-0.39, 0.29) is 23.5 Å². The van der Waals surface area contributed by atoms with Crippen molar-refractivity contribution < 1.29 is 13.2 Å². The van der Waals surface area contributed by atoms with Gasteiger partial charge in [0.2, 0.25) is 0 Å². The van der Waals surface area contributed by atoms with Crippen LogP contribution in [0, 0.1) is 12.8 Å². The zero-order valence-electron chi connectivity index (χ0n) is 12.2. The van der Waals surface area contributed by atoms with Crippen molar-refractivity contribution in [3.05, 3.63) is 17.5 Å². The smallest absolute Gasteiger partial charge is 0.254 e. The Morgan fingerprint density at radius 2 is 2.19 bits per heavy atom. The highest BCUT2D eigenvalue weighted by atomic mass is 32.2. The maximum atomic E-state index is 12.2. The molecular formula is C14H21N3O3S. The minimum absolute atomic E-state index is 0.105. The highest BCUT2D eigenvalue weighted by Gasteiger charge is 2.31. The van der Waals surface area contributed by atoms with Crippen LogP contribution in [-0.2, 0) is 9.84 Å². The molecule has 0 radical (unpaired) electrons. The predicted octanol–water partition coefficient (Wildman–Crippen LogP) is 1.08. The fourth-order valence-electron chi connectivity index (χ4n) is 3.01. The summed E-state index contributed by atoms with van der Waals surface area (Å²) in [6.07, 6.45) is 5.77. The van der Waals surface area contributed by atoms with Crippen molar-refractivity contribution in [2.75, 3.05) is 18.1 Å². The first-order valence-corrected chi connectivity index (χ1v) is 9.31. The summed E-state index contributed by atoms with van der Waals surface area (Å²) in [7, 11) is -2.95. The molecule has 116 valence electrons. The van der Waals surface area contributed by atoms with E-state index in [1.165, 1.54) is 19.3 Å².